The monoisotopic (exact) mass is 227 g/mol. The second-order valence-electron chi connectivity index (χ2n) is 3.52. The molecular formula is C9H13N3O2S. The van der Waals surface area contributed by atoms with Crippen LogP contribution >= 0.6 is 11.3 Å². The molecule has 0 bridgehead atoms. The van der Waals surface area contributed by atoms with Crippen LogP contribution in [0.25, 0.3) is 0 Å². The van der Waals surface area contributed by atoms with Crippen molar-refractivity contribution in [3.63, 3.8) is 0 Å². The van der Waals surface area contributed by atoms with Crippen LogP contribution in [0.4, 0.5) is 0 Å². The van der Waals surface area contributed by atoms with Crippen LogP contribution in [-0.2, 0) is 6.54 Å². The van der Waals surface area contributed by atoms with E-state index in [4.69, 9.17) is 5.73 Å². The largest absolute Gasteiger partial charge is 0.391 e. The van der Waals surface area contributed by atoms with Gasteiger partial charge in [0, 0.05) is 25.0 Å². The molecule has 1 aliphatic heterocycles. The summed E-state index contributed by atoms with van der Waals surface area (Å²) >= 11 is 1.39. The van der Waals surface area contributed by atoms with Gasteiger partial charge in [-0.2, -0.15) is 0 Å². The topological polar surface area (TPSA) is 79.5 Å². The summed E-state index contributed by atoms with van der Waals surface area (Å²) in [6.45, 7) is 1.38. The number of nitrogens with zero attached hydrogens (tertiary/aromatic N) is 2. The van der Waals surface area contributed by atoms with E-state index in [-0.39, 0.29) is 12.0 Å². The van der Waals surface area contributed by atoms with E-state index < -0.39 is 0 Å². The Morgan fingerprint density at radius 3 is 3.13 bits per heavy atom. The van der Waals surface area contributed by atoms with Crippen LogP contribution in [0.1, 0.15) is 21.9 Å². The fourth-order valence-electron chi connectivity index (χ4n) is 1.59. The van der Waals surface area contributed by atoms with E-state index in [0.29, 0.717) is 31.7 Å². The van der Waals surface area contributed by atoms with Gasteiger partial charge in [0.2, 0.25) is 0 Å². The average Bonchev–Trinajstić information content (AvgIpc) is 2.84. The van der Waals surface area contributed by atoms with Gasteiger partial charge in [0.05, 0.1) is 6.10 Å². The molecule has 0 unspecified atom stereocenters. The van der Waals surface area contributed by atoms with Crippen molar-refractivity contribution in [3.05, 3.63) is 16.1 Å². The summed E-state index contributed by atoms with van der Waals surface area (Å²) in [6, 6.07) is 0. The van der Waals surface area contributed by atoms with Gasteiger partial charge in [-0.25, -0.2) is 4.98 Å². The fourth-order valence-corrected chi connectivity index (χ4v) is 2.24. The minimum atomic E-state index is -0.387. The molecule has 1 fully saturated rings. The third-order valence-electron chi connectivity index (χ3n) is 2.40. The lowest BCUT2D eigenvalue weighted by Gasteiger charge is -2.13. The zero-order chi connectivity index (χ0) is 10.8. The third-order valence-corrected chi connectivity index (χ3v) is 3.27. The number of hydrogen-bond acceptors (Lipinski definition) is 5. The number of likely N-dealkylation sites (tertiary alicyclic amines) is 1. The van der Waals surface area contributed by atoms with E-state index >= 15 is 0 Å². The molecule has 1 atom stereocenters. The first-order chi connectivity index (χ1) is 7.20. The standard InChI is InChI=1S/C9H13N3O2S/c10-3-8-11-7(5-15-8)9(14)12-2-1-6(13)4-12/h5-6,13H,1-4,10H2/t6-/m0/s1. The highest BCUT2D eigenvalue weighted by molar-refractivity contribution is 7.09. The minimum Gasteiger partial charge on any atom is -0.391 e. The zero-order valence-corrected chi connectivity index (χ0v) is 9.04. The molecule has 82 valence electrons. The van der Waals surface area contributed by atoms with Crippen molar-refractivity contribution < 1.29 is 9.90 Å². The number of hydrogen-bond donors (Lipinski definition) is 2. The quantitative estimate of drug-likeness (QED) is 0.734. The Morgan fingerprint density at radius 1 is 1.80 bits per heavy atom. The van der Waals surface area contributed by atoms with Gasteiger partial charge in [0.15, 0.2) is 0 Å². The number of aliphatic hydroxyl groups excluding tert-OH is 1. The van der Waals surface area contributed by atoms with Gasteiger partial charge >= 0.3 is 0 Å². The van der Waals surface area contributed by atoms with Crippen LogP contribution in [-0.4, -0.2) is 40.1 Å². The Hall–Kier alpha value is -0.980. The molecule has 2 heterocycles. The first-order valence-corrected chi connectivity index (χ1v) is 5.70. The number of aliphatic hydroxyl groups is 1. The maximum Gasteiger partial charge on any atom is 0.273 e. The van der Waals surface area contributed by atoms with Crippen molar-refractivity contribution in [2.45, 2.75) is 19.1 Å². The minimum absolute atomic E-state index is 0.109. The average molecular weight is 227 g/mol. The van der Waals surface area contributed by atoms with Gasteiger partial charge in [0.25, 0.3) is 5.91 Å². The summed E-state index contributed by atoms with van der Waals surface area (Å²) in [4.78, 5) is 17.6. The second kappa shape index (κ2) is 4.26. The summed E-state index contributed by atoms with van der Waals surface area (Å²) in [5.74, 6) is -0.109. The van der Waals surface area contributed by atoms with Crippen molar-refractivity contribution in [1.82, 2.24) is 9.88 Å². The van der Waals surface area contributed by atoms with Gasteiger partial charge in [-0.1, -0.05) is 0 Å². The number of amides is 1. The van der Waals surface area contributed by atoms with Crippen molar-refractivity contribution >= 4 is 17.2 Å². The molecule has 15 heavy (non-hydrogen) atoms. The van der Waals surface area contributed by atoms with Gasteiger partial charge < -0.3 is 15.7 Å². The second-order valence-corrected chi connectivity index (χ2v) is 4.47. The summed E-state index contributed by atoms with van der Waals surface area (Å²) in [5.41, 5.74) is 5.86. The van der Waals surface area contributed by atoms with Crippen molar-refractivity contribution in [1.29, 1.82) is 0 Å². The van der Waals surface area contributed by atoms with Crippen molar-refractivity contribution in [2.24, 2.45) is 5.73 Å². The lowest BCUT2D eigenvalue weighted by Crippen LogP contribution is -2.29. The number of carbonyl (C=O) groups excluding carboxylic acids is 1. The molecule has 3 N–H and O–H groups in total. The smallest absolute Gasteiger partial charge is 0.273 e. The molecule has 6 heteroatoms. The van der Waals surface area contributed by atoms with Gasteiger partial charge in [-0.05, 0) is 6.42 Å². The normalized spacial score (nSPS) is 20.9. The molecule has 1 aromatic rings. The van der Waals surface area contributed by atoms with E-state index in [9.17, 15) is 9.90 Å². The summed E-state index contributed by atoms with van der Waals surface area (Å²) < 4.78 is 0. The SMILES string of the molecule is NCc1nc(C(=O)N2CC[C@H](O)C2)cs1. The Kier molecular flexibility index (Phi) is 2.99. The Morgan fingerprint density at radius 2 is 2.60 bits per heavy atom. The molecule has 1 aliphatic rings. The highest BCUT2D eigenvalue weighted by Crippen LogP contribution is 2.15. The van der Waals surface area contributed by atoms with Crippen LogP contribution < -0.4 is 5.73 Å². The number of aromatic nitrogens is 1. The summed E-state index contributed by atoms with van der Waals surface area (Å²) in [5, 5.41) is 11.8. The van der Waals surface area contributed by atoms with Gasteiger partial charge in [0.1, 0.15) is 10.7 Å². The van der Waals surface area contributed by atoms with Crippen LogP contribution in [0, 0.1) is 0 Å². The van der Waals surface area contributed by atoms with Gasteiger partial charge in [-0.15, -0.1) is 11.3 Å². The van der Waals surface area contributed by atoms with E-state index in [1.165, 1.54) is 11.3 Å². The summed E-state index contributed by atoms with van der Waals surface area (Å²) in [6.07, 6.45) is 0.265. The molecule has 1 aromatic heterocycles. The van der Waals surface area contributed by atoms with Crippen LogP contribution in [0.2, 0.25) is 0 Å². The van der Waals surface area contributed by atoms with E-state index in [0.717, 1.165) is 5.01 Å². The molecule has 1 amide bonds. The molecule has 5 nitrogen and oxygen atoms in total. The Balaban J connectivity index is 2.07. The predicted molar refractivity (Wildman–Crippen MR) is 56.5 cm³/mol. The molecule has 0 aromatic carbocycles. The zero-order valence-electron chi connectivity index (χ0n) is 8.22. The number of rotatable bonds is 2. The maximum absolute atomic E-state index is 11.8. The van der Waals surface area contributed by atoms with E-state index in [1.54, 1.807) is 10.3 Å². The van der Waals surface area contributed by atoms with Crippen LogP contribution in [0.15, 0.2) is 5.38 Å². The molecule has 0 saturated carbocycles. The molecule has 1 saturated heterocycles. The van der Waals surface area contributed by atoms with Gasteiger partial charge in [-0.3, -0.25) is 4.79 Å². The van der Waals surface area contributed by atoms with Crippen LogP contribution in [0.3, 0.4) is 0 Å². The highest BCUT2D eigenvalue weighted by atomic mass is 32.1. The number of carbonyl (C=O) groups is 1. The first kappa shape index (κ1) is 10.5. The Bertz CT molecular complexity index is 366. The predicted octanol–water partition coefficient (Wildman–Crippen LogP) is -0.191. The third kappa shape index (κ3) is 2.17. The molecule has 0 radical (unpaired) electrons. The van der Waals surface area contributed by atoms with Crippen molar-refractivity contribution in [2.75, 3.05) is 13.1 Å². The molecule has 0 spiro atoms. The van der Waals surface area contributed by atoms with Crippen LogP contribution in [0.5, 0.6) is 0 Å². The fraction of sp³-hybridized carbons (Fsp3) is 0.556. The maximum atomic E-state index is 11.8. The molecule has 0 aliphatic carbocycles. The van der Waals surface area contributed by atoms with Crippen molar-refractivity contribution in [3.8, 4) is 0 Å². The van der Waals surface area contributed by atoms with E-state index in [1.807, 2.05) is 0 Å². The molecular weight excluding hydrogens is 214 g/mol. The Labute approximate surface area is 91.5 Å². The number of thiazole rings is 1. The summed E-state index contributed by atoms with van der Waals surface area (Å²) in [7, 11) is 0. The lowest BCUT2D eigenvalue weighted by molar-refractivity contribution is 0.0760. The van der Waals surface area contributed by atoms with E-state index in [2.05, 4.69) is 4.98 Å². The highest BCUT2D eigenvalue weighted by Gasteiger charge is 2.26. The first-order valence-electron chi connectivity index (χ1n) is 4.82. The lowest BCUT2D eigenvalue weighted by atomic mass is 10.3. The molecule has 2 rings (SSSR count). The number of β-amino-alcohol motifs (C(OH)–C–C–N with tert-alkyl or cyclic N) is 1. The number of nitrogens with two attached hydrogens (primary N) is 1.